The Bertz CT molecular complexity index is 651. The van der Waals surface area contributed by atoms with Crippen molar-refractivity contribution in [3.05, 3.63) is 47.6 Å². The average molecular weight is 340 g/mol. The Labute approximate surface area is 150 Å². The summed E-state index contributed by atoms with van der Waals surface area (Å²) in [6, 6.07) is 11.1. The lowest BCUT2D eigenvalue weighted by Gasteiger charge is -2.27. The molecule has 5 nitrogen and oxygen atoms in total. The van der Waals surface area contributed by atoms with Crippen molar-refractivity contribution in [3.63, 3.8) is 0 Å². The van der Waals surface area contributed by atoms with E-state index in [9.17, 15) is 0 Å². The van der Waals surface area contributed by atoms with Gasteiger partial charge >= 0.3 is 0 Å². The van der Waals surface area contributed by atoms with Gasteiger partial charge in [-0.3, -0.25) is 4.90 Å². The summed E-state index contributed by atoms with van der Waals surface area (Å²) >= 11 is 0. The van der Waals surface area contributed by atoms with Crippen LogP contribution in [0.15, 0.2) is 34.9 Å². The van der Waals surface area contributed by atoms with Crippen LogP contribution < -0.4 is 0 Å². The van der Waals surface area contributed by atoms with Crippen molar-refractivity contribution in [2.45, 2.75) is 51.1 Å². The van der Waals surface area contributed by atoms with Crippen LogP contribution in [-0.2, 0) is 19.4 Å². The molecule has 3 heterocycles. The highest BCUT2D eigenvalue weighted by molar-refractivity contribution is 5.15. The van der Waals surface area contributed by atoms with Crippen LogP contribution in [0.25, 0.3) is 0 Å². The van der Waals surface area contributed by atoms with Gasteiger partial charge < -0.3 is 9.42 Å². The summed E-state index contributed by atoms with van der Waals surface area (Å²) in [4.78, 5) is 9.77. The molecule has 134 valence electrons. The van der Waals surface area contributed by atoms with E-state index in [1.165, 1.54) is 50.9 Å². The fraction of sp³-hybridized carbons (Fsp3) is 0.600. The van der Waals surface area contributed by atoms with Crippen LogP contribution in [0.1, 0.15) is 43.0 Å². The van der Waals surface area contributed by atoms with E-state index in [0.717, 1.165) is 37.6 Å². The number of nitrogens with zero attached hydrogens (tertiary/aromatic N) is 4. The van der Waals surface area contributed by atoms with Gasteiger partial charge in [-0.15, -0.1) is 0 Å². The van der Waals surface area contributed by atoms with E-state index in [0.29, 0.717) is 6.04 Å². The maximum absolute atomic E-state index is 5.52. The van der Waals surface area contributed by atoms with Crippen molar-refractivity contribution in [2.75, 3.05) is 26.2 Å². The second kappa shape index (κ2) is 8.11. The summed E-state index contributed by atoms with van der Waals surface area (Å²) in [7, 11) is 0. The lowest BCUT2D eigenvalue weighted by atomic mass is 10.1. The van der Waals surface area contributed by atoms with Gasteiger partial charge in [-0.25, -0.2) is 0 Å². The first-order chi connectivity index (χ1) is 12.4. The smallest absolute Gasteiger partial charge is 0.240 e. The molecule has 5 heteroatoms. The zero-order valence-electron chi connectivity index (χ0n) is 14.9. The molecular formula is C20H28N4O. The van der Waals surface area contributed by atoms with E-state index in [4.69, 9.17) is 4.52 Å². The van der Waals surface area contributed by atoms with E-state index < -0.39 is 0 Å². The minimum absolute atomic E-state index is 0.651. The normalized spacial score (nSPS) is 22.0. The molecule has 4 rings (SSSR count). The standard InChI is InChI=1S/C20H28N4O/c1-2-7-17(8-3-1)10-11-19-21-20(25-22-19)16-24-14-6-9-18(24)15-23-12-4-5-13-23/h1-3,7-8,18H,4-6,9-16H2/t18-/m0/s1. The highest BCUT2D eigenvalue weighted by Gasteiger charge is 2.28. The van der Waals surface area contributed by atoms with Gasteiger partial charge in [-0.05, 0) is 57.3 Å². The number of aryl methyl sites for hydroxylation is 2. The van der Waals surface area contributed by atoms with Gasteiger partial charge in [-0.2, -0.15) is 4.98 Å². The summed E-state index contributed by atoms with van der Waals surface area (Å²) < 4.78 is 5.52. The number of rotatable bonds is 7. The molecule has 0 radical (unpaired) electrons. The van der Waals surface area contributed by atoms with Crippen LogP contribution in [0.3, 0.4) is 0 Å². The summed E-state index contributed by atoms with van der Waals surface area (Å²) in [5, 5.41) is 4.18. The summed E-state index contributed by atoms with van der Waals surface area (Å²) in [5.74, 6) is 1.60. The van der Waals surface area contributed by atoms with E-state index in [-0.39, 0.29) is 0 Å². The van der Waals surface area contributed by atoms with Crippen LogP contribution in [0, 0.1) is 0 Å². The van der Waals surface area contributed by atoms with Crippen molar-refractivity contribution in [3.8, 4) is 0 Å². The Hall–Kier alpha value is -1.72. The fourth-order valence-corrected chi connectivity index (χ4v) is 4.10. The minimum Gasteiger partial charge on any atom is -0.338 e. The van der Waals surface area contributed by atoms with E-state index in [1.807, 2.05) is 6.07 Å². The molecule has 0 amide bonds. The first-order valence-electron chi connectivity index (χ1n) is 9.68. The van der Waals surface area contributed by atoms with Crippen LogP contribution in [0.5, 0.6) is 0 Å². The molecule has 1 atom stereocenters. The number of aromatic nitrogens is 2. The zero-order valence-corrected chi connectivity index (χ0v) is 14.9. The van der Waals surface area contributed by atoms with Crippen molar-refractivity contribution >= 4 is 0 Å². The molecule has 2 saturated heterocycles. The van der Waals surface area contributed by atoms with Crippen LogP contribution in [0.2, 0.25) is 0 Å². The second-order valence-electron chi connectivity index (χ2n) is 7.36. The van der Waals surface area contributed by atoms with Crippen molar-refractivity contribution in [2.24, 2.45) is 0 Å². The van der Waals surface area contributed by atoms with Crippen molar-refractivity contribution < 1.29 is 4.52 Å². The molecule has 0 saturated carbocycles. The molecule has 2 aliphatic rings. The lowest BCUT2D eigenvalue weighted by molar-refractivity contribution is 0.168. The molecule has 0 bridgehead atoms. The molecular weight excluding hydrogens is 312 g/mol. The molecule has 1 aromatic heterocycles. The van der Waals surface area contributed by atoms with Crippen LogP contribution in [-0.4, -0.2) is 52.2 Å². The summed E-state index contributed by atoms with van der Waals surface area (Å²) in [5.41, 5.74) is 1.32. The molecule has 2 fully saturated rings. The largest absolute Gasteiger partial charge is 0.338 e. The van der Waals surface area contributed by atoms with E-state index in [1.54, 1.807) is 0 Å². The van der Waals surface area contributed by atoms with Gasteiger partial charge in [0.25, 0.3) is 0 Å². The quantitative estimate of drug-likeness (QED) is 0.775. The van der Waals surface area contributed by atoms with Gasteiger partial charge in [0.2, 0.25) is 5.89 Å². The molecule has 0 spiro atoms. The SMILES string of the molecule is c1ccc(CCc2noc(CN3CCC[C@H]3CN3CCCC3)n2)cc1. The first kappa shape index (κ1) is 16.7. The summed E-state index contributed by atoms with van der Waals surface area (Å²) in [6.07, 6.45) is 7.10. The Balaban J connectivity index is 1.29. The first-order valence-corrected chi connectivity index (χ1v) is 9.68. The second-order valence-corrected chi connectivity index (χ2v) is 7.36. The van der Waals surface area contributed by atoms with Crippen molar-refractivity contribution in [1.29, 1.82) is 0 Å². The number of likely N-dealkylation sites (tertiary alicyclic amines) is 2. The molecule has 0 N–H and O–H groups in total. The molecule has 2 aromatic rings. The number of hydrogen-bond acceptors (Lipinski definition) is 5. The highest BCUT2D eigenvalue weighted by atomic mass is 16.5. The Morgan fingerprint density at radius 2 is 1.84 bits per heavy atom. The Morgan fingerprint density at radius 3 is 2.68 bits per heavy atom. The van der Waals surface area contributed by atoms with E-state index >= 15 is 0 Å². The topological polar surface area (TPSA) is 45.4 Å². The molecule has 25 heavy (non-hydrogen) atoms. The molecule has 0 unspecified atom stereocenters. The number of hydrogen-bond donors (Lipinski definition) is 0. The zero-order chi connectivity index (χ0) is 16.9. The highest BCUT2D eigenvalue weighted by Crippen LogP contribution is 2.22. The number of benzene rings is 1. The van der Waals surface area contributed by atoms with Gasteiger partial charge in [0, 0.05) is 19.0 Å². The maximum Gasteiger partial charge on any atom is 0.240 e. The predicted octanol–water partition coefficient (Wildman–Crippen LogP) is 2.92. The molecule has 2 aliphatic heterocycles. The minimum atomic E-state index is 0.651. The van der Waals surface area contributed by atoms with Gasteiger partial charge in [0.15, 0.2) is 5.82 Å². The van der Waals surface area contributed by atoms with Crippen LogP contribution in [0.4, 0.5) is 0 Å². The molecule has 1 aromatic carbocycles. The maximum atomic E-state index is 5.52. The third-order valence-corrected chi connectivity index (χ3v) is 5.50. The van der Waals surface area contributed by atoms with Gasteiger partial charge in [0.05, 0.1) is 6.54 Å². The van der Waals surface area contributed by atoms with Crippen LogP contribution >= 0.6 is 0 Å². The molecule has 0 aliphatic carbocycles. The summed E-state index contributed by atoms with van der Waals surface area (Å²) in [6.45, 7) is 5.70. The monoisotopic (exact) mass is 340 g/mol. The average Bonchev–Trinajstić information content (AvgIpc) is 3.39. The van der Waals surface area contributed by atoms with Crippen molar-refractivity contribution in [1.82, 2.24) is 19.9 Å². The van der Waals surface area contributed by atoms with Gasteiger partial charge in [0.1, 0.15) is 0 Å². The Morgan fingerprint density at radius 1 is 1.00 bits per heavy atom. The third-order valence-electron chi connectivity index (χ3n) is 5.50. The third kappa shape index (κ3) is 4.47. The predicted molar refractivity (Wildman–Crippen MR) is 97.3 cm³/mol. The Kier molecular flexibility index (Phi) is 5.43. The van der Waals surface area contributed by atoms with E-state index in [2.05, 4.69) is 44.2 Å². The van der Waals surface area contributed by atoms with Gasteiger partial charge in [-0.1, -0.05) is 35.5 Å². The fourth-order valence-electron chi connectivity index (χ4n) is 4.10. The lowest BCUT2D eigenvalue weighted by Crippen LogP contribution is -2.39.